The van der Waals surface area contributed by atoms with Gasteiger partial charge in [-0.05, 0) is 48.3 Å². The van der Waals surface area contributed by atoms with Crippen molar-refractivity contribution in [3.05, 3.63) is 65.7 Å². The quantitative estimate of drug-likeness (QED) is 0.810. The summed E-state index contributed by atoms with van der Waals surface area (Å²) in [5.74, 6) is -0.0627. The lowest BCUT2D eigenvalue weighted by Crippen LogP contribution is -2.47. The molecule has 0 spiro atoms. The summed E-state index contributed by atoms with van der Waals surface area (Å²) in [4.78, 5) is 26.5. The molecule has 28 heavy (non-hydrogen) atoms. The first-order valence-electron chi connectivity index (χ1n) is 10.00. The third kappa shape index (κ3) is 4.03. The van der Waals surface area contributed by atoms with Gasteiger partial charge >= 0.3 is 5.97 Å². The van der Waals surface area contributed by atoms with Crippen molar-refractivity contribution in [2.75, 3.05) is 18.0 Å². The van der Waals surface area contributed by atoms with Gasteiger partial charge in [0.15, 0.2) is 0 Å². The molecule has 1 aliphatic heterocycles. The van der Waals surface area contributed by atoms with Crippen LogP contribution in [0, 0.1) is 5.92 Å². The number of carboxylic acid groups (broad SMARTS) is 1. The molecule has 0 radical (unpaired) electrons. The Labute approximate surface area is 165 Å². The molecule has 3 atom stereocenters. The number of rotatable bonds is 6. The summed E-state index contributed by atoms with van der Waals surface area (Å²) in [5.41, 5.74) is 3.35. The lowest BCUT2D eigenvalue weighted by Gasteiger charge is -2.29. The molecular weight excluding hydrogens is 352 g/mol. The van der Waals surface area contributed by atoms with Crippen molar-refractivity contribution in [3.8, 4) is 0 Å². The topological polar surface area (TPSA) is 69.6 Å². The summed E-state index contributed by atoms with van der Waals surface area (Å²) in [7, 11) is 0. The molecule has 5 nitrogen and oxygen atoms in total. The number of carbonyl (C=O) groups excluding carboxylic acids is 1. The van der Waals surface area contributed by atoms with Crippen LogP contribution in [0.4, 0.5) is 5.69 Å². The zero-order valence-corrected chi connectivity index (χ0v) is 15.9. The van der Waals surface area contributed by atoms with Crippen LogP contribution in [-0.4, -0.2) is 36.1 Å². The number of carbonyl (C=O) groups is 2. The molecule has 146 valence electrons. The van der Waals surface area contributed by atoms with Crippen molar-refractivity contribution >= 4 is 17.6 Å². The van der Waals surface area contributed by atoms with Gasteiger partial charge in [0.1, 0.15) is 6.04 Å². The van der Waals surface area contributed by atoms with Crippen molar-refractivity contribution < 1.29 is 14.7 Å². The number of nitrogens with zero attached hydrogens (tertiary/aromatic N) is 1. The minimum Gasteiger partial charge on any atom is -0.480 e. The van der Waals surface area contributed by atoms with Gasteiger partial charge in [-0.3, -0.25) is 4.79 Å². The van der Waals surface area contributed by atoms with Gasteiger partial charge in [0.2, 0.25) is 5.91 Å². The first-order valence-corrected chi connectivity index (χ1v) is 10.00. The van der Waals surface area contributed by atoms with E-state index >= 15 is 0 Å². The SMILES string of the molecule is O=C(CN1CC2CCC(C2)c2ccccc21)N[C@H](Cc1ccccc1)C(=O)O. The number of hydrogen-bond acceptors (Lipinski definition) is 3. The third-order valence-electron chi connectivity index (χ3n) is 5.99. The molecule has 2 N–H and O–H groups in total. The summed E-state index contributed by atoms with van der Waals surface area (Å²) in [5, 5.41) is 12.3. The van der Waals surface area contributed by atoms with Crippen molar-refractivity contribution in [1.82, 2.24) is 5.32 Å². The monoisotopic (exact) mass is 378 g/mol. The Morgan fingerprint density at radius 1 is 1.07 bits per heavy atom. The summed E-state index contributed by atoms with van der Waals surface area (Å²) in [6.07, 6.45) is 3.88. The van der Waals surface area contributed by atoms with E-state index in [1.54, 1.807) is 0 Å². The van der Waals surface area contributed by atoms with Gasteiger partial charge in [-0.25, -0.2) is 4.79 Å². The lowest BCUT2D eigenvalue weighted by molar-refractivity contribution is -0.141. The van der Waals surface area contributed by atoms with Crippen LogP contribution in [0.2, 0.25) is 0 Å². The van der Waals surface area contributed by atoms with Crippen LogP contribution >= 0.6 is 0 Å². The Hall–Kier alpha value is -2.82. The zero-order valence-electron chi connectivity index (χ0n) is 15.9. The van der Waals surface area contributed by atoms with E-state index < -0.39 is 12.0 Å². The molecule has 2 unspecified atom stereocenters. The molecule has 1 fully saturated rings. The average molecular weight is 378 g/mol. The van der Waals surface area contributed by atoms with E-state index in [-0.39, 0.29) is 18.9 Å². The van der Waals surface area contributed by atoms with E-state index in [0.717, 1.165) is 17.8 Å². The molecular formula is C23H26N2O3. The fourth-order valence-electron chi connectivity index (χ4n) is 4.67. The second-order valence-electron chi connectivity index (χ2n) is 7.96. The minimum absolute atomic E-state index is 0.193. The van der Waals surface area contributed by atoms with Crippen molar-refractivity contribution in [2.24, 2.45) is 5.92 Å². The lowest BCUT2D eigenvalue weighted by atomic mass is 9.96. The summed E-state index contributed by atoms with van der Waals surface area (Å²) < 4.78 is 0. The highest BCUT2D eigenvalue weighted by molar-refractivity contribution is 5.87. The number of benzene rings is 2. The van der Waals surface area contributed by atoms with Gasteiger partial charge in [-0.1, -0.05) is 48.5 Å². The average Bonchev–Trinajstić information content (AvgIpc) is 3.10. The van der Waals surface area contributed by atoms with Crippen molar-refractivity contribution in [1.29, 1.82) is 0 Å². The van der Waals surface area contributed by atoms with Gasteiger partial charge in [0.25, 0.3) is 0 Å². The van der Waals surface area contributed by atoms with E-state index in [0.29, 0.717) is 11.8 Å². The maximum absolute atomic E-state index is 12.7. The Kier molecular flexibility index (Phi) is 5.33. The number of fused-ring (bicyclic) bond motifs is 4. The second kappa shape index (κ2) is 8.05. The first-order chi connectivity index (χ1) is 13.6. The maximum atomic E-state index is 12.7. The smallest absolute Gasteiger partial charge is 0.326 e. The maximum Gasteiger partial charge on any atom is 0.326 e. The Balaban J connectivity index is 1.46. The van der Waals surface area contributed by atoms with Crippen LogP contribution in [0.5, 0.6) is 0 Å². The number of carboxylic acids is 1. The molecule has 2 aliphatic rings. The standard InChI is InChI=1S/C23H26N2O3/c26-22(24-20(23(27)28)13-16-6-2-1-3-7-16)15-25-14-17-10-11-18(12-17)19-8-4-5-9-21(19)25/h1-9,17-18,20H,10-15H2,(H,24,26)(H,27,28)/t17?,18?,20-/m1/s1. The van der Waals surface area contributed by atoms with Crippen LogP contribution in [-0.2, 0) is 16.0 Å². The molecule has 1 amide bonds. The Morgan fingerprint density at radius 3 is 2.61 bits per heavy atom. The molecule has 2 aromatic rings. The van der Waals surface area contributed by atoms with Gasteiger partial charge in [0.05, 0.1) is 6.54 Å². The summed E-state index contributed by atoms with van der Waals surface area (Å²) in [6, 6.07) is 16.8. The molecule has 2 aromatic carbocycles. The van der Waals surface area contributed by atoms with Crippen LogP contribution in [0.3, 0.4) is 0 Å². The normalized spacial score (nSPS) is 21.5. The number of nitrogens with one attached hydrogen (secondary N) is 1. The first kappa shape index (κ1) is 18.5. The Bertz CT molecular complexity index is 852. The number of para-hydroxylation sites is 1. The fourth-order valence-corrected chi connectivity index (χ4v) is 4.67. The number of aliphatic carboxylic acids is 1. The molecule has 1 heterocycles. The predicted molar refractivity (Wildman–Crippen MR) is 108 cm³/mol. The van der Waals surface area contributed by atoms with E-state index in [2.05, 4.69) is 28.4 Å². The van der Waals surface area contributed by atoms with Crippen molar-refractivity contribution in [2.45, 2.75) is 37.6 Å². The minimum atomic E-state index is -1.01. The number of hydrogen-bond donors (Lipinski definition) is 2. The highest BCUT2D eigenvalue weighted by atomic mass is 16.4. The summed E-state index contributed by atoms with van der Waals surface area (Å²) >= 11 is 0. The van der Waals surface area contributed by atoms with Gasteiger partial charge < -0.3 is 15.3 Å². The fraction of sp³-hybridized carbons (Fsp3) is 0.391. The van der Waals surface area contributed by atoms with Gasteiger partial charge in [-0.2, -0.15) is 0 Å². The number of anilines is 1. The van der Waals surface area contributed by atoms with E-state index in [9.17, 15) is 14.7 Å². The molecule has 0 aromatic heterocycles. The molecule has 4 rings (SSSR count). The second-order valence-corrected chi connectivity index (χ2v) is 7.96. The van der Waals surface area contributed by atoms with Crippen LogP contribution in [0.15, 0.2) is 54.6 Å². The van der Waals surface area contributed by atoms with Crippen LogP contribution < -0.4 is 10.2 Å². The molecule has 1 aliphatic carbocycles. The van der Waals surface area contributed by atoms with Gasteiger partial charge in [0, 0.05) is 18.7 Å². The molecule has 2 bridgehead atoms. The van der Waals surface area contributed by atoms with Crippen LogP contribution in [0.25, 0.3) is 0 Å². The van der Waals surface area contributed by atoms with E-state index in [1.807, 2.05) is 36.4 Å². The third-order valence-corrected chi connectivity index (χ3v) is 5.99. The van der Waals surface area contributed by atoms with Crippen LogP contribution in [0.1, 0.15) is 36.3 Å². The summed E-state index contributed by atoms with van der Waals surface area (Å²) in [6.45, 7) is 1.05. The molecule has 0 saturated heterocycles. The van der Waals surface area contributed by atoms with Crippen molar-refractivity contribution in [3.63, 3.8) is 0 Å². The highest BCUT2D eigenvalue weighted by Gasteiger charge is 2.34. The van der Waals surface area contributed by atoms with E-state index in [1.165, 1.54) is 24.8 Å². The Morgan fingerprint density at radius 2 is 1.82 bits per heavy atom. The highest BCUT2D eigenvalue weighted by Crippen LogP contribution is 2.45. The van der Waals surface area contributed by atoms with E-state index in [4.69, 9.17) is 0 Å². The molecule has 1 saturated carbocycles. The largest absolute Gasteiger partial charge is 0.480 e. The predicted octanol–water partition coefficient (Wildman–Crippen LogP) is 3.20. The van der Waals surface area contributed by atoms with Gasteiger partial charge in [-0.15, -0.1) is 0 Å². The number of amides is 1. The zero-order chi connectivity index (χ0) is 19.5. The molecule has 5 heteroatoms.